The zero-order chi connectivity index (χ0) is 16.1. The van der Waals surface area contributed by atoms with Crippen LogP contribution in [-0.2, 0) is 4.79 Å². The highest BCUT2D eigenvalue weighted by Crippen LogP contribution is 2.30. The van der Waals surface area contributed by atoms with Crippen LogP contribution in [-0.4, -0.2) is 21.4 Å². The summed E-state index contributed by atoms with van der Waals surface area (Å²) in [4.78, 5) is 11.9. The minimum absolute atomic E-state index is 0.314. The van der Waals surface area contributed by atoms with E-state index in [0.717, 1.165) is 5.56 Å². The lowest BCUT2D eigenvalue weighted by molar-refractivity contribution is -0.117. The van der Waals surface area contributed by atoms with Gasteiger partial charge in [0, 0.05) is 11.6 Å². The van der Waals surface area contributed by atoms with E-state index in [-0.39, 0.29) is 11.4 Å². The van der Waals surface area contributed by atoms with Gasteiger partial charge in [0.2, 0.25) is 9.70 Å². The molecule has 0 aliphatic rings. The van der Waals surface area contributed by atoms with E-state index >= 15 is 0 Å². The Morgan fingerprint density at radius 3 is 2.19 bits per heavy atom. The quantitative estimate of drug-likeness (QED) is 0.492. The molecule has 1 amide bonds. The maximum Gasteiger partial charge on any atom is 0.245 e. The molecule has 21 heavy (non-hydrogen) atoms. The van der Waals surface area contributed by atoms with Crippen LogP contribution < -0.4 is 10.6 Å². The second kappa shape index (κ2) is 7.50. The second-order valence-electron chi connectivity index (χ2n) is 5.62. The van der Waals surface area contributed by atoms with Crippen LogP contribution in [0.3, 0.4) is 0 Å². The Bertz CT molecular complexity index is 490. The number of amides is 1. The van der Waals surface area contributed by atoms with Gasteiger partial charge in [0.25, 0.3) is 0 Å². The Morgan fingerprint density at radius 2 is 1.71 bits per heavy atom. The van der Waals surface area contributed by atoms with E-state index in [2.05, 4.69) is 10.6 Å². The van der Waals surface area contributed by atoms with E-state index < -0.39 is 9.96 Å². The molecule has 116 valence electrons. The molecule has 0 spiro atoms. The largest absolute Gasteiger partial charge is 0.333 e. The highest BCUT2D eigenvalue weighted by molar-refractivity contribution is 6.68. The average Bonchev–Trinajstić information content (AvgIpc) is 2.34. The van der Waals surface area contributed by atoms with Gasteiger partial charge in [-0.2, -0.15) is 0 Å². The van der Waals surface area contributed by atoms with Gasteiger partial charge in [-0.05, 0) is 32.4 Å². The Morgan fingerprint density at radius 1 is 1.14 bits per heavy atom. The molecule has 0 bridgehead atoms. The number of hydrogen-bond acceptors (Lipinski definition) is 2. The highest BCUT2D eigenvalue weighted by atomic mass is 35.6. The van der Waals surface area contributed by atoms with E-state index in [1.807, 2.05) is 51.1 Å². The lowest BCUT2D eigenvalue weighted by Crippen LogP contribution is -2.58. The SMILES string of the molecule is CC(C)(C)N[C@H](NC(=O)/C=C/c1ccccc1)C(Cl)(Cl)Cl. The molecule has 0 saturated carbocycles. The standard InChI is InChI=1S/C15H19Cl3N2O/c1-14(2,3)20-13(15(16,17)18)19-12(21)10-9-11-7-5-4-6-8-11/h4-10,13,20H,1-3H3,(H,19,21)/b10-9+/t13-/m0/s1. The number of benzene rings is 1. The van der Waals surface area contributed by atoms with Gasteiger partial charge in [-0.3, -0.25) is 10.1 Å². The smallest absolute Gasteiger partial charge is 0.245 e. The molecule has 1 aromatic carbocycles. The van der Waals surface area contributed by atoms with Gasteiger partial charge in [0.15, 0.2) is 0 Å². The molecule has 0 heterocycles. The van der Waals surface area contributed by atoms with Crippen LogP contribution in [0.1, 0.15) is 26.3 Å². The number of halogens is 3. The van der Waals surface area contributed by atoms with Crippen molar-refractivity contribution in [3.8, 4) is 0 Å². The fraction of sp³-hybridized carbons (Fsp3) is 0.400. The molecule has 0 aliphatic heterocycles. The summed E-state index contributed by atoms with van der Waals surface area (Å²) in [6, 6.07) is 9.47. The topological polar surface area (TPSA) is 41.1 Å². The first-order valence-corrected chi connectivity index (χ1v) is 7.59. The third-order valence-electron chi connectivity index (χ3n) is 2.42. The number of carbonyl (C=O) groups is 1. The molecule has 0 fully saturated rings. The van der Waals surface area contributed by atoms with Gasteiger partial charge in [0.05, 0.1) is 0 Å². The third kappa shape index (κ3) is 7.72. The molecule has 0 aromatic heterocycles. The Labute approximate surface area is 140 Å². The summed E-state index contributed by atoms with van der Waals surface area (Å²) in [6.07, 6.45) is 2.31. The van der Waals surface area contributed by atoms with Gasteiger partial charge >= 0.3 is 0 Å². The molecule has 1 rings (SSSR count). The van der Waals surface area contributed by atoms with Gasteiger partial charge in [-0.1, -0.05) is 65.1 Å². The molecule has 1 atom stereocenters. The van der Waals surface area contributed by atoms with Gasteiger partial charge in [-0.25, -0.2) is 0 Å². The van der Waals surface area contributed by atoms with Crippen molar-refractivity contribution >= 4 is 46.8 Å². The zero-order valence-corrected chi connectivity index (χ0v) is 14.4. The van der Waals surface area contributed by atoms with Crippen molar-refractivity contribution in [3.05, 3.63) is 42.0 Å². The molecule has 0 unspecified atom stereocenters. The van der Waals surface area contributed by atoms with Crippen LogP contribution in [0, 0.1) is 0 Å². The van der Waals surface area contributed by atoms with E-state index in [9.17, 15) is 4.79 Å². The molecule has 2 N–H and O–H groups in total. The summed E-state index contributed by atoms with van der Waals surface area (Å²) in [6.45, 7) is 5.76. The van der Waals surface area contributed by atoms with Crippen molar-refractivity contribution < 1.29 is 4.79 Å². The van der Waals surface area contributed by atoms with Crippen molar-refractivity contribution in [1.82, 2.24) is 10.6 Å². The predicted molar refractivity (Wildman–Crippen MR) is 90.6 cm³/mol. The summed E-state index contributed by atoms with van der Waals surface area (Å²) in [5.41, 5.74) is 0.604. The molecule has 1 aromatic rings. The third-order valence-corrected chi connectivity index (χ3v) is 3.07. The first kappa shape index (κ1) is 18.3. The summed E-state index contributed by atoms with van der Waals surface area (Å²) in [7, 11) is 0. The molecule has 0 aliphatic carbocycles. The van der Waals surface area contributed by atoms with Crippen molar-refractivity contribution in [2.24, 2.45) is 0 Å². The minimum atomic E-state index is -1.65. The predicted octanol–water partition coefficient (Wildman–Crippen LogP) is 3.90. The maximum atomic E-state index is 11.9. The molecule has 0 radical (unpaired) electrons. The van der Waals surface area contributed by atoms with E-state index in [1.54, 1.807) is 6.08 Å². The van der Waals surface area contributed by atoms with Gasteiger partial charge in [0.1, 0.15) is 6.17 Å². The molecule has 6 heteroatoms. The number of carbonyl (C=O) groups excluding carboxylic acids is 1. The van der Waals surface area contributed by atoms with Gasteiger partial charge < -0.3 is 5.32 Å². The molecular formula is C15H19Cl3N2O. The van der Waals surface area contributed by atoms with Crippen LogP contribution in [0.4, 0.5) is 0 Å². The normalized spacial score (nSPS) is 14.2. The van der Waals surface area contributed by atoms with Crippen molar-refractivity contribution in [1.29, 1.82) is 0 Å². The van der Waals surface area contributed by atoms with Crippen LogP contribution in [0.15, 0.2) is 36.4 Å². The zero-order valence-electron chi connectivity index (χ0n) is 12.2. The second-order valence-corrected chi connectivity index (χ2v) is 7.99. The Balaban J connectivity index is 2.71. The number of hydrogen-bond donors (Lipinski definition) is 2. The minimum Gasteiger partial charge on any atom is -0.333 e. The number of rotatable bonds is 4. The lowest BCUT2D eigenvalue weighted by atomic mass is 10.1. The highest BCUT2D eigenvalue weighted by Gasteiger charge is 2.35. The summed E-state index contributed by atoms with van der Waals surface area (Å²) in [5.74, 6) is -0.341. The molecular weight excluding hydrogens is 331 g/mol. The van der Waals surface area contributed by atoms with Gasteiger partial charge in [-0.15, -0.1) is 0 Å². The van der Waals surface area contributed by atoms with Crippen molar-refractivity contribution in [2.45, 2.75) is 36.3 Å². The number of nitrogens with one attached hydrogen (secondary N) is 2. The first-order chi connectivity index (χ1) is 9.58. The van der Waals surface area contributed by atoms with Crippen molar-refractivity contribution in [2.75, 3.05) is 0 Å². The van der Waals surface area contributed by atoms with E-state index in [1.165, 1.54) is 6.08 Å². The average molecular weight is 350 g/mol. The van der Waals surface area contributed by atoms with E-state index in [0.29, 0.717) is 0 Å². The summed E-state index contributed by atoms with van der Waals surface area (Å²) < 4.78 is -1.65. The van der Waals surface area contributed by atoms with Crippen LogP contribution in [0.2, 0.25) is 0 Å². The van der Waals surface area contributed by atoms with Crippen LogP contribution >= 0.6 is 34.8 Å². The van der Waals surface area contributed by atoms with E-state index in [4.69, 9.17) is 34.8 Å². The van der Waals surface area contributed by atoms with Crippen LogP contribution in [0.5, 0.6) is 0 Å². The molecule has 3 nitrogen and oxygen atoms in total. The first-order valence-electron chi connectivity index (χ1n) is 6.46. The Kier molecular flexibility index (Phi) is 6.54. The van der Waals surface area contributed by atoms with Crippen LogP contribution in [0.25, 0.3) is 6.08 Å². The van der Waals surface area contributed by atoms with Crippen molar-refractivity contribution in [3.63, 3.8) is 0 Å². The fourth-order valence-corrected chi connectivity index (χ4v) is 1.89. The Hall–Kier alpha value is -0.740. The summed E-state index contributed by atoms with van der Waals surface area (Å²) in [5, 5.41) is 5.71. The summed E-state index contributed by atoms with van der Waals surface area (Å²) >= 11 is 17.7. The molecule has 0 saturated heterocycles. The lowest BCUT2D eigenvalue weighted by Gasteiger charge is -2.33. The monoisotopic (exact) mass is 348 g/mol. The maximum absolute atomic E-state index is 11.9. The fourth-order valence-electron chi connectivity index (χ4n) is 1.56. The number of alkyl halides is 3.